The zero-order valence-electron chi connectivity index (χ0n) is 13.5. The molecule has 1 aromatic heterocycles. The number of hydrogen-bond donors (Lipinski definition) is 1. The van der Waals surface area contributed by atoms with Gasteiger partial charge in [0, 0.05) is 24.0 Å². The highest BCUT2D eigenvalue weighted by molar-refractivity contribution is 7.92. The van der Waals surface area contributed by atoms with Crippen molar-refractivity contribution in [2.45, 2.75) is 4.90 Å². The number of ether oxygens (including phenoxy) is 1. The van der Waals surface area contributed by atoms with E-state index < -0.39 is 27.3 Å². The predicted octanol–water partition coefficient (Wildman–Crippen LogP) is 3.23. The third kappa shape index (κ3) is 3.77. The number of sulfonamides is 1. The average Bonchev–Trinajstić information content (AvgIpc) is 2.65. The Morgan fingerprint density at radius 1 is 0.962 bits per heavy atom. The van der Waals surface area contributed by atoms with Gasteiger partial charge >= 0.3 is 6.01 Å². The van der Waals surface area contributed by atoms with Gasteiger partial charge in [-0.25, -0.2) is 27.2 Å². The van der Waals surface area contributed by atoms with Crippen LogP contribution in [-0.2, 0) is 10.0 Å². The SMILES string of the molecule is COc1ncc(-c2ccc(S(=O)(=O)Nc3cc(F)ccc3F)cc2)cn1. The standard InChI is InChI=1S/C17H13F2N3O3S/c1-25-17-20-9-12(10-21-17)11-2-5-14(6-3-11)26(23,24)22-16-8-13(18)4-7-15(16)19/h2-10,22H,1H3. The fourth-order valence-corrected chi connectivity index (χ4v) is 3.23. The molecular weight excluding hydrogens is 364 g/mol. The third-order valence-corrected chi connectivity index (χ3v) is 4.86. The normalized spacial score (nSPS) is 11.2. The van der Waals surface area contributed by atoms with Gasteiger partial charge in [0.1, 0.15) is 11.6 Å². The number of anilines is 1. The molecule has 0 saturated carbocycles. The summed E-state index contributed by atoms with van der Waals surface area (Å²) in [4.78, 5) is 7.86. The molecule has 0 spiro atoms. The minimum Gasteiger partial charge on any atom is -0.467 e. The van der Waals surface area contributed by atoms with Gasteiger partial charge in [0.2, 0.25) is 0 Å². The van der Waals surface area contributed by atoms with Crippen LogP contribution in [0.4, 0.5) is 14.5 Å². The van der Waals surface area contributed by atoms with Crippen LogP contribution in [0.5, 0.6) is 6.01 Å². The Kier molecular flexibility index (Phi) is 4.81. The molecule has 9 heteroatoms. The lowest BCUT2D eigenvalue weighted by Crippen LogP contribution is -2.14. The number of nitrogens with zero attached hydrogens (tertiary/aromatic N) is 2. The van der Waals surface area contributed by atoms with E-state index in [0.717, 1.165) is 18.2 Å². The molecule has 0 amide bonds. The monoisotopic (exact) mass is 377 g/mol. The van der Waals surface area contributed by atoms with E-state index in [-0.39, 0.29) is 10.9 Å². The quantitative estimate of drug-likeness (QED) is 0.738. The van der Waals surface area contributed by atoms with Crippen LogP contribution in [0.1, 0.15) is 0 Å². The molecule has 0 aliphatic heterocycles. The van der Waals surface area contributed by atoms with Crippen molar-refractivity contribution in [3.8, 4) is 17.1 Å². The van der Waals surface area contributed by atoms with Gasteiger partial charge in [0.05, 0.1) is 17.7 Å². The molecule has 0 atom stereocenters. The number of halogens is 2. The van der Waals surface area contributed by atoms with Crippen molar-refractivity contribution in [3.63, 3.8) is 0 Å². The molecule has 0 fully saturated rings. The lowest BCUT2D eigenvalue weighted by molar-refractivity contribution is 0.380. The smallest absolute Gasteiger partial charge is 0.316 e. The molecule has 0 bridgehead atoms. The molecule has 0 saturated heterocycles. The van der Waals surface area contributed by atoms with Crippen LogP contribution in [-0.4, -0.2) is 25.5 Å². The van der Waals surface area contributed by atoms with Gasteiger partial charge in [-0.3, -0.25) is 4.72 Å². The maximum Gasteiger partial charge on any atom is 0.316 e. The Labute approximate surface area is 148 Å². The summed E-state index contributed by atoms with van der Waals surface area (Å²) in [5.74, 6) is -1.62. The lowest BCUT2D eigenvalue weighted by Gasteiger charge is -2.10. The molecular formula is C17H13F2N3O3S. The zero-order valence-corrected chi connectivity index (χ0v) is 14.3. The Morgan fingerprint density at radius 2 is 1.62 bits per heavy atom. The van der Waals surface area contributed by atoms with Crippen LogP contribution in [0.25, 0.3) is 11.1 Å². The molecule has 0 unspecified atom stereocenters. The maximum absolute atomic E-state index is 13.6. The topological polar surface area (TPSA) is 81.2 Å². The molecule has 26 heavy (non-hydrogen) atoms. The van der Waals surface area contributed by atoms with Crippen LogP contribution in [0.3, 0.4) is 0 Å². The molecule has 1 heterocycles. The first-order valence-corrected chi connectivity index (χ1v) is 8.82. The number of nitrogens with one attached hydrogen (secondary N) is 1. The van der Waals surface area contributed by atoms with Crippen molar-refractivity contribution in [1.82, 2.24) is 9.97 Å². The molecule has 0 radical (unpaired) electrons. The Hall–Kier alpha value is -3.07. The third-order valence-electron chi connectivity index (χ3n) is 3.48. The highest BCUT2D eigenvalue weighted by Gasteiger charge is 2.17. The van der Waals surface area contributed by atoms with E-state index >= 15 is 0 Å². The van der Waals surface area contributed by atoms with Crippen molar-refractivity contribution >= 4 is 15.7 Å². The van der Waals surface area contributed by atoms with E-state index in [0.29, 0.717) is 11.1 Å². The molecule has 2 aromatic carbocycles. The van der Waals surface area contributed by atoms with E-state index in [9.17, 15) is 17.2 Å². The van der Waals surface area contributed by atoms with Crippen molar-refractivity contribution in [2.24, 2.45) is 0 Å². The number of methoxy groups -OCH3 is 1. The van der Waals surface area contributed by atoms with Gasteiger partial charge in [0.25, 0.3) is 10.0 Å². The van der Waals surface area contributed by atoms with E-state index in [1.54, 1.807) is 12.1 Å². The van der Waals surface area contributed by atoms with Crippen LogP contribution in [0.2, 0.25) is 0 Å². The molecule has 3 aromatic rings. The van der Waals surface area contributed by atoms with Crippen molar-refractivity contribution in [1.29, 1.82) is 0 Å². The largest absolute Gasteiger partial charge is 0.467 e. The first kappa shape index (κ1) is 17.7. The average molecular weight is 377 g/mol. The number of aromatic nitrogens is 2. The van der Waals surface area contributed by atoms with Gasteiger partial charge in [-0.1, -0.05) is 12.1 Å². The number of rotatable bonds is 5. The fraction of sp³-hybridized carbons (Fsp3) is 0.0588. The molecule has 134 valence electrons. The fourth-order valence-electron chi connectivity index (χ4n) is 2.18. The minimum atomic E-state index is -4.07. The summed E-state index contributed by atoms with van der Waals surface area (Å²) in [6, 6.07) is 8.55. The van der Waals surface area contributed by atoms with Crippen LogP contribution >= 0.6 is 0 Å². The maximum atomic E-state index is 13.6. The first-order valence-electron chi connectivity index (χ1n) is 7.33. The summed E-state index contributed by atoms with van der Waals surface area (Å²) >= 11 is 0. The van der Waals surface area contributed by atoms with Gasteiger partial charge < -0.3 is 4.74 Å². The summed E-state index contributed by atoms with van der Waals surface area (Å²) in [7, 11) is -2.62. The van der Waals surface area contributed by atoms with E-state index in [2.05, 4.69) is 9.97 Å². The summed E-state index contributed by atoms with van der Waals surface area (Å²) in [5.41, 5.74) is 0.889. The molecule has 0 aliphatic carbocycles. The first-order chi connectivity index (χ1) is 12.4. The zero-order chi connectivity index (χ0) is 18.7. The minimum absolute atomic E-state index is 0.0978. The lowest BCUT2D eigenvalue weighted by atomic mass is 10.1. The molecule has 0 aliphatic rings. The van der Waals surface area contributed by atoms with E-state index in [1.165, 1.54) is 31.6 Å². The Morgan fingerprint density at radius 3 is 2.23 bits per heavy atom. The van der Waals surface area contributed by atoms with Crippen molar-refractivity contribution < 1.29 is 21.9 Å². The van der Waals surface area contributed by atoms with Gasteiger partial charge in [-0.15, -0.1) is 0 Å². The van der Waals surface area contributed by atoms with Crippen molar-refractivity contribution in [3.05, 3.63) is 66.5 Å². The number of benzene rings is 2. The van der Waals surface area contributed by atoms with Crippen molar-refractivity contribution in [2.75, 3.05) is 11.8 Å². The summed E-state index contributed by atoms with van der Waals surface area (Å²) in [5, 5.41) is 0. The number of hydrogen-bond acceptors (Lipinski definition) is 5. The molecule has 3 rings (SSSR count). The second-order valence-corrected chi connectivity index (χ2v) is 6.89. The molecule has 1 N–H and O–H groups in total. The van der Waals surface area contributed by atoms with Gasteiger partial charge in [-0.2, -0.15) is 0 Å². The summed E-state index contributed by atoms with van der Waals surface area (Å²) in [6.45, 7) is 0. The predicted molar refractivity (Wildman–Crippen MR) is 91.2 cm³/mol. The van der Waals surface area contributed by atoms with Gasteiger partial charge in [0.15, 0.2) is 0 Å². The second kappa shape index (κ2) is 7.04. The van der Waals surface area contributed by atoms with Crippen LogP contribution in [0.15, 0.2) is 59.8 Å². The van der Waals surface area contributed by atoms with Crippen LogP contribution in [0, 0.1) is 11.6 Å². The Balaban J connectivity index is 1.85. The second-order valence-electron chi connectivity index (χ2n) is 5.21. The molecule has 6 nitrogen and oxygen atoms in total. The van der Waals surface area contributed by atoms with E-state index in [1.807, 2.05) is 4.72 Å². The Bertz CT molecular complexity index is 1020. The van der Waals surface area contributed by atoms with E-state index in [4.69, 9.17) is 4.74 Å². The van der Waals surface area contributed by atoms with Crippen LogP contribution < -0.4 is 9.46 Å². The highest BCUT2D eigenvalue weighted by Crippen LogP contribution is 2.23. The van der Waals surface area contributed by atoms with Gasteiger partial charge in [-0.05, 0) is 29.8 Å². The summed E-state index contributed by atoms with van der Waals surface area (Å²) < 4.78 is 58.5. The highest BCUT2D eigenvalue weighted by atomic mass is 32.2. The summed E-state index contributed by atoms with van der Waals surface area (Å²) in [6.07, 6.45) is 3.07.